The van der Waals surface area contributed by atoms with Crippen LogP contribution in [0.2, 0.25) is 0 Å². The summed E-state index contributed by atoms with van der Waals surface area (Å²) in [4.78, 5) is 32.8. The van der Waals surface area contributed by atoms with Crippen molar-refractivity contribution in [2.75, 3.05) is 27.7 Å². The molecule has 0 aliphatic heterocycles. The minimum absolute atomic E-state index is 0.169. The van der Waals surface area contributed by atoms with Crippen molar-refractivity contribution in [3.8, 4) is 0 Å². The molecule has 0 aromatic carbocycles. The zero-order valence-corrected chi connectivity index (χ0v) is 14.6. The fourth-order valence-corrected chi connectivity index (χ4v) is 2.00. The molecular weight excluding hydrogens is 314 g/mol. The number of carbonyl (C=O) groups is 3. The third kappa shape index (κ3) is 14.8. The van der Waals surface area contributed by atoms with Crippen molar-refractivity contribution in [3.05, 3.63) is 24.3 Å². The number of likely N-dealkylation sites (N-methyl/N-ethyl adjacent to an activating group) is 1. The quantitative estimate of drug-likeness (QED) is 0.182. The molecule has 136 valence electrons. The number of aliphatic carboxylic acids is 2. The summed E-state index contributed by atoms with van der Waals surface area (Å²) >= 11 is 0. The summed E-state index contributed by atoms with van der Waals surface area (Å²) in [5, 5.41) is 19.2. The molecule has 0 spiro atoms. The largest absolute Gasteiger partial charge is 0.550 e. The molecule has 0 aromatic rings. The van der Waals surface area contributed by atoms with Crippen LogP contribution < -0.4 is 5.11 Å². The Morgan fingerprint density at radius 2 is 1.67 bits per heavy atom. The van der Waals surface area contributed by atoms with Crippen molar-refractivity contribution < 1.29 is 33.8 Å². The number of carboxylic acids is 2. The summed E-state index contributed by atoms with van der Waals surface area (Å²) in [6, 6.07) is 0. The maximum absolute atomic E-state index is 11.8. The SMILES string of the molecule is C[N+](C)(C)CC(CC(=O)[O-])OC(=O)CC/C=C/CC/C=C/C(=O)O. The lowest BCUT2D eigenvalue weighted by Crippen LogP contribution is -2.45. The molecule has 0 radical (unpaired) electrons. The minimum atomic E-state index is -1.24. The Kier molecular flexibility index (Phi) is 10.4. The number of carboxylic acid groups (broad SMARTS) is 2. The van der Waals surface area contributed by atoms with Gasteiger partial charge >= 0.3 is 11.9 Å². The van der Waals surface area contributed by atoms with Crippen LogP contribution in [-0.2, 0) is 19.1 Å². The van der Waals surface area contributed by atoms with Crippen molar-refractivity contribution >= 4 is 17.9 Å². The number of ether oxygens (including phenoxy) is 1. The first-order chi connectivity index (χ1) is 11.1. The number of allylic oxidation sites excluding steroid dienone is 3. The highest BCUT2D eigenvalue weighted by molar-refractivity contribution is 5.79. The standard InChI is InChI=1S/C17H27NO6/c1-18(2,3)13-14(12-16(21)22)24-17(23)11-9-7-5-4-6-8-10-15(19)20/h5,7-8,10,14H,4,6,9,11-13H2,1-3H3,(H-,19,20,21,22)/b7-5+,10-8+. The smallest absolute Gasteiger partial charge is 0.327 e. The number of hydrogen-bond donors (Lipinski definition) is 1. The monoisotopic (exact) mass is 341 g/mol. The molecular formula is C17H27NO6. The third-order valence-corrected chi connectivity index (χ3v) is 2.89. The van der Waals surface area contributed by atoms with E-state index in [1.54, 1.807) is 6.08 Å². The fourth-order valence-electron chi connectivity index (χ4n) is 2.00. The number of rotatable bonds is 12. The lowest BCUT2D eigenvalue weighted by Gasteiger charge is -2.29. The van der Waals surface area contributed by atoms with E-state index in [2.05, 4.69) is 0 Å². The predicted molar refractivity (Wildman–Crippen MR) is 86.8 cm³/mol. The third-order valence-electron chi connectivity index (χ3n) is 2.89. The average Bonchev–Trinajstić information content (AvgIpc) is 2.38. The molecule has 0 saturated carbocycles. The van der Waals surface area contributed by atoms with Gasteiger partial charge in [0.2, 0.25) is 0 Å². The molecule has 24 heavy (non-hydrogen) atoms. The number of unbranched alkanes of at least 4 members (excludes halogenated alkanes) is 1. The fraction of sp³-hybridized carbons (Fsp3) is 0.588. The van der Waals surface area contributed by atoms with E-state index in [0.29, 0.717) is 30.3 Å². The highest BCUT2D eigenvalue weighted by Gasteiger charge is 2.22. The van der Waals surface area contributed by atoms with Gasteiger partial charge in [-0.1, -0.05) is 18.2 Å². The molecule has 0 heterocycles. The predicted octanol–water partition coefficient (Wildman–Crippen LogP) is 0.502. The zero-order chi connectivity index (χ0) is 18.6. The number of hydrogen-bond acceptors (Lipinski definition) is 5. The Morgan fingerprint density at radius 3 is 2.21 bits per heavy atom. The normalized spacial score (nSPS) is 13.3. The lowest BCUT2D eigenvalue weighted by molar-refractivity contribution is -0.873. The molecule has 0 bridgehead atoms. The number of nitrogens with zero attached hydrogens (tertiary/aromatic N) is 1. The van der Waals surface area contributed by atoms with E-state index >= 15 is 0 Å². The van der Waals surface area contributed by atoms with Crippen molar-refractivity contribution in [2.24, 2.45) is 0 Å². The van der Waals surface area contributed by atoms with Crippen molar-refractivity contribution in [2.45, 2.75) is 38.2 Å². The van der Waals surface area contributed by atoms with Crippen LogP contribution in [0.1, 0.15) is 32.1 Å². The first kappa shape index (κ1) is 21.9. The van der Waals surface area contributed by atoms with E-state index in [-0.39, 0.29) is 12.8 Å². The van der Waals surface area contributed by atoms with E-state index in [9.17, 15) is 19.5 Å². The van der Waals surface area contributed by atoms with E-state index < -0.39 is 24.0 Å². The van der Waals surface area contributed by atoms with Gasteiger partial charge in [-0.25, -0.2) is 4.79 Å². The Hall–Kier alpha value is -2.15. The van der Waals surface area contributed by atoms with Crippen LogP contribution in [0.15, 0.2) is 24.3 Å². The Morgan fingerprint density at radius 1 is 1.08 bits per heavy atom. The number of carbonyl (C=O) groups excluding carboxylic acids is 2. The summed E-state index contributed by atoms with van der Waals surface area (Å²) in [6.07, 6.45) is 7.30. The molecule has 1 N–H and O–H groups in total. The molecule has 0 aliphatic carbocycles. The van der Waals surface area contributed by atoms with Gasteiger partial charge < -0.3 is 24.2 Å². The van der Waals surface area contributed by atoms with Gasteiger partial charge in [0.05, 0.1) is 21.1 Å². The van der Waals surface area contributed by atoms with Crippen molar-refractivity contribution in [1.82, 2.24) is 0 Å². The molecule has 0 rings (SSSR count). The van der Waals surface area contributed by atoms with Crippen molar-refractivity contribution in [3.63, 3.8) is 0 Å². The van der Waals surface area contributed by atoms with Crippen LogP contribution in [0.3, 0.4) is 0 Å². The topological polar surface area (TPSA) is 104 Å². The highest BCUT2D eigenvalue weighted by Crippen LogP contribution is 2.07. The lowest BCUT2D eigenvalue weighted by atomic mass is 10.2. The van der Waals surface area contributed by atoms with E-state index in [0.717, 1.165) is 6.08 Å². The van der Waals surface area contributed by atoms with Crippen LogP contribution in [0.5, 0.6) is 0 Å². The second kappa shape index (κ2) is 11.4. The first-order valence-corrected chi connectivity index (χ1v) is 7.84. The molecule has 1 atom stereocenters. The Labute approximate surface area is 142 Å². The van der Waals surface area contributed by atoms with Gasteiger partial charge in [-0.15, -0.1) is 0 Å². The number of quaternary nitrogens is 1. The summed E-state index contributed by atoms with van der Waals surface area (Å²) in [6.45, 7) is 0.394. The van der Waals surface area contributed by atoms with Crippen LogP contribution >= 0.6 is 0 Å². The molecule has 0 fully saturated rings. The average molecular weight is 341 g/mol. The molecule has 0 saturated heterocycles. The summed E-state index contributed by atoms with van der Waals surface area (Å²) in [7, 11) is 5.66. The van der Waals surface area contributed by atoms with Crippen LogP contribution in [0.4, 0.5) is 0 Å². The number of esters is 1. The maximum atomic E-state index is 11.8. The first-order valence-electron chi connectivity index (χ1n) is 7.84. The maximum Gasteiger partial charge on any atom is 0.327 e. The van der Waals surface area contributed by atoms with Gasteiger partial charge in [-0.2, -0.15) is 0 Å². The second-order valence-electron chi connectivity index (χ2n) is 6.49. The molecule has 1 unspecified atom stereocenters. The van der Waals surface area contributed by atoms with Gasteiger partial charge in [0.15, 0.2) is 6.10 Å². The Bertz CT molecular complexity index is 476. The van der Waals surface area contributed by atoms with Crippen LogP contribution in [0, 0.1) is 0 Å². The van der Waals surface area contributed by atoms with Gasteiger partial charge in [-0.05, 0) is 19.3 Å². The molecule has 7 heteroatoms. The van der Waals surface area contributed by atoms with E-state index in [1.807, 2.05) is 33.3 Å². The van der Waals surface area contributed by atoms with Crippen LogP contribution in [-0.4, -0.2) is 61.3 Å². The van der Waals surface area contributed by atoms with Crippen molar-refractivity contribution in [1.29, 1.82) is 0 Å². The zero-order valence-electron chi connectivity index (χ0n) is 14.6. The summed E-state index contributed by atoms with van der Waals surface area (Å²) < 4.78 is 5.70. The van der Waals surface area contributed by atoms with Gasteiger partial charge in [0.25, 0.3) is 0 Å². The Balaban J connectivity index is 4.11. The molecule has 0 amide bonds. The van der Waals surface area contributed by atoms with Gasteiger partial charge in [0, 0.05) is 24.9 Å². The highest BCUT2D eigenvalue weighted by atomic mass is 16.5. The van der Waals surface area contributed by atoms with Gasteiger partial charge in [-0.3, -0.25) is 4.79 Å². The van der Waals surface area contributed by atoms with E-state index in [4.69, 9.17) is 9.84 Å². The minimum Gasteiger partial charge on any atom is -0.550 e. The molecule has 0 aliphatic rings. The second-order valence-corrected chi connectivity index (χ2v) is 6.49. The summed E-state index contributed by atoms with van der Waals surface area (Å²) in [5.41, 5.74) is 0. The summed E-state index contributed by atoms with van der Waals surface area (Å²) in [5.74, 6) is -2.65. The van der Waals surface area contributed by atoms with Crippen LogP contribution in [0.25, 0.3) is 0 Å². The van der Waals surface area contributed by atoms with Gasteiger partial charge in [0.1, 0.15) is 6.54 Å². The van der Waals surface area contributed by atoms with E-state index in [1.165, 1.54) is 0 Å². The molecule has 7 nitrogen and oxygen atoms in total. The molecule has 0 aromatic heterocycles.